The summed E-state index contributed by atoms with van der Waals surface area (Å²) in [4.78, 5) is 2.74. The van der Waals surface area contributed by atoms with Crippen LogP contribution >= 0.6 is 0 Å². The standard InChI is InChI=1S/C17H34N2/c1-5-14-8-11-16(18-3)17(12-14)19(4)15-9-6-13(2)7-10-15/h13-18H,5-12H2,1-4H3. The Morgan fingerprint density at radius 3 is 2.32 bits per heavy atom. The van der Waals surface area contributed by atoms with Gasteiger partial charge in [-0.1, -0.05) is 20.3 Å². The monoisotopic (exact) mass is 266 g/mol. The van der Waals surface area contributed by atoms with Crippen LogP contribution in [0.25, 0.3) is 0 Å². The quantitative estimate of drug-likeness (QED) is 0.835. The van der Waals surface area contributed by atoms with Crippen LogP contribution in [0.3, 0.4) is 0 Å². The van der Waals surface area contributed by atoms with Crippen LogP contribution in [0.4, 0.5) is 0 Å². The summed E-state index contributed by atoms with van der Waals surface area (Å²) in [6.07, 6.45) is 11.3. The Kier molecular flexibility index (Phi) is 5.70. The van der Waals surface area contributed by atoms with Crippen molar-refractivity contribution in [3.05, 3.63) is 0 Å². The molecule has 0 heterocycles. The predicted molar refractivity (Wildman–Crippen MR) is 83.5 cm³/mol. The third kappa shape index (κ3) is 3.72. The summed E-state index contributed by atoms with van der Waals surface area (Å²) in [5.74, 6) is 1.92. The second-order valence-corrected chi connectivity index (χ2v) is 7.13. The Balaban J connectivity index is 1.95. The van der Waals surface area contributed by atoms with Crippen molar-refractivity contribution in [1.29, 1.82) is 0 Å². The van der Waals surface area contributed by atoms with Gasteiger partial charge in [-0.3, -0.25) is 4.90 Å². The van der Waals surface area contributed by atoms with Crippen LogP contribution in [0.1, 0.15) is 65.2 Å². The molecular weight excluding hydrogens is 232 g/mol. The van der Waals surface area contributed by atoms with E-state index < -0.39 is 0 Å². The molecule has 0 aromatic rings. The van der Waals surface area contributed by atoms with E-state index >= 15 is 0 Å². The Hall–Kier alpha value is -0.0800. The lowest BCUT2D eigenvalue weighted by Gasteiger charge is -2.45. The lowest BCUT2D eigenvalue weighted by atomic mass is 9.78. The molecule has 2 heteroatoms. The van der Waals surface area contributed by atoms with Crippen molar-refractivity contribution >= 4 is 0 Å². The molecule has 0 aromatic heterocycles. The van der Waals surface area contributed by atoms with E-state index in [-0.39, 0.29) is 0 Å². The molecule has 2 nitrogen and oxygen atoms in total. The highest BCUT2D eigenvalue weighted by atomic mass is 15.2. The minimum absolute atomic E-state index is 0.715. The third-order valence-corrected chi connectivity index (χ3v) is 5.96. The van der Waals surface area contributed by atoms with Crippen molar-refractivity contribution in [3.8, 4) is 0 Å². The van der Waals surface area contributed by atoms with Crippen LogP contribution in [-0.2, 0) is 0 Å². The number of rotatable bonds is 4. The van der Waals surface area contributed by atoms with Crippen molar-refractivity contribution in [2.75, 3.05) is 14.1 Å². The zero-order valence-electron chi connectivity index (χ0n) is 13.5. The zero-order chi connectivity index (χ0) is 13.8. The first-order valence-electron chi connectivity index (χ1n) is 8.54. The molecule has 0 bridgehead atoms. The van der Waals surface area contributed by atoms with E-state index in [0.717, 1.165) is 23.9 Å². The maximum Gasteiger partial charge on any atom is 0.0251 e. The van der Waals surface area contributed by atoms with Gasteiger partial charge in [0.2, 0.25) is 0 Å². The van der Waals surface area contributed by atoms with Crippen molar-refractivity contribution in [3.63, 3.8) is 0 Å². The Labute approximate surface area is 120 Å². The van der Waals surface area contributed by atoms with E-state index in [1.807, 2.05) is 0 Å². The van der Waals surface area contributed by atoms with Crippen LogP contribution in [0.15, 0.2) is 0 Å². The third-order valence-electron chi connectivity index (χ3n) is 5.96. The largest absolute Gasteiger partial charge is 0.315 e. The van der Waals surface area contributed by atoms with Crippen LogP contribution in [0.5, 0.6) is 0 Å². The lowest BCUT2D eigenvalue weighted by molar-refractivity contribution is 0.0624. The SMILES string of the molecule is CCC1CCC(NC)C(N(C)C2CCC(C)CC2)C1. The molecule has 112 valence electrons. The molecule has 0 saturated heterocycles. The van der Waals surface area contributed by atoms with Gasteiger partial charge in [0.05, 0.1) is 0 Å². The number of hydrogen-bond acceptors (Lipinski definition) is 2. The zero-order valence-corrected chi connectivity index (χ0v) is 13.5. The summed E-state index contributed by atoms with van der Waals surface area (Å²) in [5, 5.41) is 3.59. The molecule has 0 spiro atoms. The van der Waals surface area contributed by atoms with Crippen LogP contribution in [0.2, 0.25) is 0 Å². The minimum Gasteiger partial charge on any atom is -0.315 e. The summed E-state index contributed by atoms with van der Waals surface area (Å²) in [6.45, 7) is 4.78. The number of hydrogen-bond donors (Lipinski definition) is 1. The highest BCUT2D eigenvalue weighted by Gasteiger charge is 2.35. The fourth-order valence-electron chi connectivity index (χ4n) is 4.31. The normalized spacial score (nSPS) is 40.6. The fraction of sp³-hybridized carbons (Fsp3) is 1.00. The van der Waals surface area contributed by atoms with Gasteiger partial charge in [0.15, 0.2) is 0 Å². The van der Waals surface area contributed by atoms with Crippen molar-refractivity contribution in [1.82, 2.24) is 10.2 Å². The maximum absolute atomic E-state index is 3.59. The van der Waals surface area contributed by atoms with Crippen LogP contribution in [0, 0.1) is 11.8 Å². The summed E-state index contributed by atoms with van der Waals surface area (Å²) < 4.78 is 0. The van der Waals surface area contributed by atoms with Crippen molar-refractivity contribution < 1.29 is 0 Å². The second-order valence-electron chi connectivity index (χ2n) is 7.13. The highest BCUT2D eigenvalue weighted by Crippen LogP contribution is 2.34. The van der Waals surface area contributed by atoms with Gasteiger partial charge in [0, 0.05) is 18.1 Å². The van der Waals surface area contributed by atoms with Gasteiger partial charge in [0.1, 0.15) is 0 Å². The first kappa shape index (κ1) is 15.3. The fourth-order valence-corrected chi connectivity index (χ4v) is 4.31. The molecule has 0 radical (unpaired) electrons. The summed E-state index contributed by atoms with van der Waals surface area (Å²) in [5.41, 5.74) is 0. The van der Waals surface area contributed by atoms with Crippen LogP contribution in [-0.4, -0.2) is 37.1 Å². The van der Waals surface area contributed by atoms with Crippen molar-refractivity contribution in [2.45, 2.75) is 83.3 Å². The summed E-state index contributed by atoms with van der Waals surface area (Å²) in [6, 6.07) is 2.32. The molecule has 19 heavy (non-hydrogen) atoms. The molecule has 0 aliphatic heterocycles. The molecule has 2 aliphatic rings. The smallest absolute Gasteiger partial charge is 0.0251 e. The molecule has 3 atom stereocenters. The molecule has 1 N–H and O–H groups in total. The Morgan fingerprint density at radius 2 is 1.74 bits per heavy atom. The van der Waals surface area contributed by atoms with Crippen molar-refractivity contribution in [2.24, 2.45) is 11.8 Å². The first-order chi connectivity index (χ1) is 9.15. The lowest BCUT2D eigenvalue weighted by Crippen LogP contribution is -2.54. The van der Waals surface area contributed by atoms with Gasteiger partial charge >= 0.3 is 0 Å². The maximum atomic E-state index is 3.59. The van der Waals surface area contributed by atoms with Crippen LogP contribution < -0.4 is 5.32 Å². The minimum atomic E-state index is 0.715. The van der Waals surface area contributed by atoms with Gasteiger partial charge in [-0.05, 0) is 70.9 Å². The highest BCUT2D eigenvalue weighted by molar-refractivity contribution is 4.92. The van der Waals surface area contributed by atoms with Gasteiger partial charge < -0.3 is 5.32 Å². The number of likely N-dealkylation sites (N-methyl/N-ethyl adjacent to an activating group) is 2. The molecule has 2 rings (SSSR count). The van der Waals surface area contributed by atoms with Gasteiger partial charge in [-0.25, -0.2) is 0 Å². The molecule has 3 unspecified atom stereocenters. The van der Waals surface area contributed by atoms with E-state index in [4.69, 9.17) is 0 Å². The molecule has 2 saturated carbocycles. The summed E-state index contributed by atoms with van der Waals surface area (Å²) in [7, 11) is 4.55. The number of nitrogens with one attached hydrogen (secondary N) is 1. The average Bonchev–Trinajstić information content (AvgIpc) is 2.46. The first-order valence-corrected chi connectivity index (χ1v) is 8.54. The topological polar surface area (TPSA) is 15.3 Å². The van der Waals surface area contributed by atoms with E-state index in [9.17, 15) is 0 Å². The van der Waals surface area contributed by atoms with E-state index in [1.54, 1.807) is 0 Å². The summed E-state index contributed by atoms with van der Waals surface area (Å²) >= 11 is 0. The predicted octanol–water partition coefficient (Wildman–Crippen LogP) is 3.66. The Bertz CT molecular complexity index is 258. The van der Waals surface area contributed by atoms with Gasteiger partial charge in [-0.15, -0.1) is 0 Å². The van der Waals surface area contributed by atoms with Gasteiger partial charge in [0.25, 0.3) is 0 Å². The molecule has 0 amide bonds. The number of nitrogens with zero attached hydrogens (tertiary/aromatic N) is 1. The van der Waals surface area contributed by atoms with Gasteiger partial charge in [-0.2, -0.15) is 0 Å². The van der Waals surface area contributed by atoms with E-state index in [0.29, 0.717) is 6.04 Å². The Morgan fingerprint density at radius 1 is 1.05 bits per heavy atom. The molecule has 0 aromatic carbocycles. The molecular formula is C17H34N2. The average molecular weight is 266 g/mol. The second kappa shape index (κ2) is 7.08. The molecule has 2 fully saturated rings. The van der Waals surface area contributed by atoms with E-state index in [2.05, 4.69) is 38.2 Å². The molecule has 2 aliphatic carbocycles. The van der Waals surface area contributed by atoms with E-state index in [1.165, 1.54) is 51.4 Å².